The molecule has 10 heavy (non-hydrogen) atoms. The van der Waals surface area contributed by atoms with Crippen LogP contribution in [-0.2, 0) is 34.2 Å². The summed E-state index contributed by atoms with van der Waals surface area (Å²) in [5.41, 5.74) is 0. The van der Waals surface area contributed by atoms with E-state index in [0.29, 0.717) is 0 Å². The minimum Gasteiger partial charge on any atom is -0.554 e. The van der Waals surface area contributed by atoms with Crippen molar-refractivity contribution in [2.24, 2.45) is 0 Å². The van der Waals surface area contributed by atoms with Crippen molar-refractivity contribution >= 4 is 19.4 Å². The minimum atomic E-state index is -0.500. The van der Waals surface area contributed by atoms with E-state index < -0.39 is 19.4 Å². The van der Waals surface area contributed by atoms with Crippen LogP contribution >= 0.6 is 0 Å². The summed E-state index contributed by atoms with van der Waals surface area (Å²) >= 11 is 0. The molecule has 0 saturated carbocycles. The van der Waals surface area contributed by atoms with Gasteiger partial charge in [-0.2, -0.15) is 0 Å². The van der Waals surface area contributed by atoms with Gasteiger partial charge in [-0.3, -0.25) is 0 Å². The summed E-state index contributed by atoms with van der Waals surface area (Å²) in [7, 11) is 0. The SMILES string of the molecule is O=C[O-].O=C[O-].O=C[O-].[Os]. The molecule has 0 aromatic heterocycles. The van der Waals surface area contributed by atoms with Crippen LogP contribution in [0, 0.1) is 0 Å². The third kappa shape index (κ3) is 283. The molecular formula is C3H3O6Os-3. The summed E-state index contributed by atoms with van der Waals surface area (Å²) in [5, 5.41) is 24.8. The van der Waals surface area contributed by atoms with Crippen molar-refractivity contribution in [1.29, 1.82) is 0 Å². The molecule has 0 aromatic carbocycles. The summed E-state index contributed by atoms with van der Waals surface area (Å²) in [4.78, 5) is 24.8. The zero-order valence-corrected chi connectivity index (χ0v) is 7.08. The Bertz CT molecular complexity index is 49.7. The minimum absolute atomic E-state index is 0. The van der Waals surface area contributed by atoms with Gasteiger partial charge in [-0.1, -0.05) is 0 Å². The van der Waals surface area contributed by atoms with E-state index >= 15 is 0 Å². The van der Waals surface area contributed by atoms with Gasteiger partial charge >= 0.3 is 0 Å². The maximum atomic E-state index is 8.25. The van der Waals surface area contributed by atoms with E-state index in [1.165, 1.54) is 0 Å². The number of hydrogen-bond acceptors (Lipinski definition) is 6. The molecule has 0 radical (unpaired) electrons. The van der Waals surface area contributed by atoms with E-state index in [2.05, 4.69) is 0 Å². The third-order valence-electron chi connectivity index (χ3n) is 0. The number of rotatable bonds is 0. The molecule has 0 unspecified atom stereocenters. The van der Waals surface area contributed by atoms with Gasteiger partial charge in [0, 0.05) is 39.2 Å². The molecule has 0 fully saturated rings. The first kappa shape index (κ1) is 23.0. The number of hydrogen-bond donors (Lipinski definition) is 0. The van der Waals surface area contributed by atoms with Crippen LogP contribution in [0.5, 0.6) is 0 Å². The van der Waals surface area contributed by atoms with Crippen LogP contribution in [0.2, 0.25) is 0 Å². The van der Waals surface area contributed by atoms with Crippen molar-refractivity contribution in [3.8, 4) is 0 Å². The molecule has 0 spiro atoms. The summed E-state index contributed by atoms with van der Waals surface area (Å²) in [6, 6.07) is 0. The molecule has 0 heterocycles. The van der Waals surface area contributed by atoms with Crippen molar-refractivity contribution < 1.29 is 49.5 Å². The summed E-state index contributed by atoms with van der Waals surface area (Å²) in [5.74, 6) is 0. The Hall–Kier alpha value is -0.954. The molecule has 6 nitrogen and oxygen atoms in total. The largest absolute Gasteiger partial charge is 0.554 e. The molecular weight excluding hydrogens is 322 g/mol. The van der Waals surface area contributed by atoms with E-state index in [-0.39, 0.29) is 19.8 Å². The topological polar surface area (TPSA) is 120 Å². The predicted molar refractivity (Wildman–Crippen MR) is 18.2 cm³/mol. The van der Waals surface area contributed by atoms with Crippen molar-refractivity contribution in [3.05, 3.63) is 0 Å². The van der Waals surface area contributed by atoms with E-state index in [4.69, 9.17) is 29.7 Å². The predicted octanol–water partition coefficient (Wildman–Crippen LogP) is -4.90. The summed E-state index contributed by atoms with van der Waals surface area (Å²) in [6.45, 7) is -1.50. The number of carbonyl (C=O) groups is 3. The Morgan fingerprint density at radius 3 is 0.700 bits per heavy atom. The zero-order valence-electron chi connectivity index (χ0n) is 4.54. The molecule has 0 aliphatic rings. The number of carbonyl (C=O) groups excluding carboxylic acids is 3. The van der Waals surface area contributed by atoms with Crippen LogP contribution in [0.4, 0.5) is 0 Å². The van der Waals surface area contributed by atoms with Crippen LogP contribution in [-0.4, -0.2) is 19.4 Å². The van der Waals surface area contributed by atoms with E-state index in [1.807, 2.05) is 0 Å². The van der Waals surface area contributed by atoms with Crippen molar-refractivity contribution in [2.75, 3.05) is 0 Å². The van der Waals surface area contributed by atoms with Crippen LogP contribution in [0.25, 0.3) is 0 Å². The Kier molecular flexibility index (Phi) is 219. The first-order chi connectivity index (χ1) is 4.24. The van der Waals surface area contributed by atoms with Crippen molar-refractivity contribution in [3.63, 3.8) is 0 Å². The monoisotopic (exact) mass is 327 g/mol. The van der Waals surface area contributed by atoms with Gasteiger partial charge in [0.15, 0.2) is 0 Å². The van der Waals surface area contributed by atoms with Gasteiger partial charge in [0.1, 0.15) is 0 Å². The van der Waals surface area contributed by atoms with Crippen LogP contribution in [0.15, 0.2) is 0 Å². The second kappa shape index (κ2) is 95.4. The van der Waals surface area contributed by atoms with E-state index in [0.717, 1.165) is 0 Å². The first-order valence-corrected chi connectivity index (χ1v) is 1.41. The average Bonchev–Trinajstić information content (AvgIpc) is 1.70. The molecule has 0 rings (SSSR count). The molecule has 0 bridgehead atoms. The fourth-order valence-electron chi connectivity index (χ4n) is 0. The van der Waals surface area contributed by atoms with E-state index in [1.54, 1.807) is 0 Å². The quantitative estimate of drug-likeness (QED) is 0.412. The molecule has 0 saturated heterocycles. The van der Waals surface area contributed by atoms with Crippen LogP contribution < -0.4 is 15.3 Å². The molecule has 0 aliphatic carbocycles. The molecule has 0 aliphatic heterocycles. The normalized spacial score (nSPS) is 3.60. The summed E-state index contributed by atoms with van der Waals surface area (Å²) in [6.07, 6.45) is 0. The Labute approximate surface area is 69.5 Å². The number of carboxylic acid groups (broad SMARTS) is 3. The van der Waals surface area contributed by atoms with Gasteiger partial charge in [0.05, 0.1) is 0 Å². The van der Waals surface area contributed by atoms with Crippen LogP contribution in [0.3, 0.4) is 0 Å². The average molecular weight is 325 g/mol. The van der Waals surface area contributed by atoms with Crippen molar-refractivity contribution in [2.45, 2.75) is 0 Å². The van der Waals surface area contributed by atoms with Gasteiger partial charge in [-0.05, 0) is 0 Å². The van der Waals surface area contributed by atoms with Gasteiger partial charge in [0.2, 0.25) is 0 Å². The van der Waals surface area contributed by atoms with Crippen molar-refractivity contribution in [1.82, 2.24) is 0 Å². The Balaban J connectivity index is -0.0000000257. The fraction of sp³-hybridized carbons (Fsp3) is 0. The summed E-state index contributed by atoms with van der Waals surface area (Å²) < 4.78 is 0. The van der Waals surface area contributed by atoms with Gasteiger partial charge < -0.3 is 29.7 Å². The first-order valence-electron chi connectivity index (χ1n) is 1.41. The van der Waals surface area contributed by atoms with Gasteiger partial charge in [0.25, 0.3) is 0 Å². The van der Waals surface area contributed by atoms with E-state index in [9.17, 15) is 0 Å². The maximum Gasteiger partial charge on any atom is 0.0275 e. The molecule has 0 amide bonds. The Morgan fingerprint density at radius 2 is 0.700 bits per heavy atom. The molecule has 62 valence electrons. The van der Waals surface area contributed by atoms with Gasteiger partial charge in [-0.15, -0.1) is 0 Å². The molecule has 7 heteroatoms. The zero-order chi connectivity index (χ0) is 8.12. The smallest absolute Gasteiger partial charge is 0.0275 e. The fourth-order valence-corrected chi connectivity index (χ4v) is 0. The standard InChI is InChI=1S/3CH2O2.Os/c3*2-1-3;/h3*1H,(H,2,3);/p-3. The molecule has 0 atom stereocenters. The third-order valence-corrected chi connectivity index (χ3v) is 0. The molecule has 0 N–H and O–H groups in total. The van der Waals surface area contributed by atoms with Crippen LogP contribution in [0.1, 0.15) is 0 Å². The second-order valence-electron chi connectivity index (χ2n) is 0.289. The second-order valence-corrected chi connectivity index (χ2v) is 0.289. The maximum absolute atomic E-state index is 8.25. The Morgan fingerprint density at radius 1 is 0.700 bits per heavy atom. The van der Waals surface area contributed by atoms with Gasteiger partial charge in [-0.25, -0.2) is 0 Å². The molecule has 0 aromatic rings.